The average molecular weight is 309 g/mol. The standard InChI is InChI=1S/C12H11N3O5S/c16-10(17)6-8-7-13-12(14-11(8)18)15-21(19,20)9-4-2-1-3-5-9/h1-5,7H,6H2,(H,16,17)(H2,13,14,15,18). The summed E-state index contributed by atoms with van der Waals surface area (Å²) in [6, 6.07) is 7.56. The zero-order valence-corrected chi connectivity index (χ0v) is 11.4. The van der Waals surface area contributed by atoms with Gasteiger partial charge in [-0.05, 0) is 12.1 Å². The van der Waals surface area contributed by atoms with Crippen LogP contribution in [0.3, 0.4) is 0 Å². The van der Waals surface area contributed by atoms with E-state index >= 15 is 0 Å². The highest BCUT2D eigenvalue weighted by Crippen LogP contribution is 2.11. The fourth-order valence-electron chi connectivity index (χ4n) is 1.55. The van der Waals surface area contributed by atoms with Crippen LogP contribution in [0.1, 0.15) is 5.56 Å². The van der Waals surface area contributed by atoms with Crippen molar-refractivity contribution >= 4 is 21.9 Å². The lowest BCUT2D eigenvalue weighted by Gasteiger charge is -2.07. The Hall–Kier alpha value is -2.68. The lowest BCUT2D eigenvalue weighted by molar-refractivity contribution is -0.136. The highest BCUT2D eigenvalue weighted by atomic mass is 32.2. The zero-order valence-electron chi connectivity index (χ0n) is 10.6. The number of hydrogen-bond donors (Lipinski definition) is 3. The highest BCUT2D eigenvalue weighted by molar-refractivity contribution is 7.92. The topological polar surface area (TPSA) is 129 Å². The Morgan fingerprint density at radius 1 is 1.29 bits per heavy atom. The van der Waals surface area contributed by atoms with Crippen molar-refractivity contribution in [3.8, 4) is 0 Å². The molecule has 2 rings (SSSR count). The van der Waals surface area contributed by atoms with Gasteiger partial charge in [0, 0.05) is 11.8 Å². The van der Waals surface area contributed by atoms with Crippen LogP contribution >= 0.6 is 0 Å². The fourth-order valence-corrected chi connectivity index (χ4v) is 2.54. The summed E-state index contributed by atoms with van der Waals surface area (Å²) in [5, 5.41) is 8.60. The van der Waals surface area contributed by atoms with E-state index < -0.39 is 28.0 Å². The molecule has 9 heteroatoms. The predicted octanol–water partition coefficient (Wildman–Crippen LogP) is 0.198. The number of nitrogens with one attached hydrogen (secondary N) is 2. The molecule has 0 saturated heterocycles. The number of rotatable bonds is 5. The molecule has 3 N–H and O–H groups in total. The van der Waals surface area contributed by atoms with Crippen molar-refractivity contribution in [2.45, 2.75) is 11.3 Å². The van der Waals surface area contributed by atoms with Crippen LogP contribution in [0.2, 0.25) is 0 Å². The predicted molar refractivity (Wildman–Crippen MR) is 73.4 cm³/mol. The van der Waals surface area contributed by atoms with E-state index in [1.807, 2.05) is 0 Å². The van der Waals surface area contributed by atoms with E-state index in [4.69, 9.17) is 5.11 Å². The molecule has 1 aromatic heterocycles. The Labute approximate surface area is 119 Å². The van der Waals surface area contributed by atoms with Crippen molar-refractivity contribution in [1.82, 2.24) is 9.97 Å². The van der Waals surface area contributed by atoms with Crippen LogP contribution in [0.25, 0.3) is 0 Å². The Balaban J connectivity index is 2.27. The van der Waals surface area contributed by atoms with Crippen molar-refractivity contribution < 1.29 is 18.3 Å². The number of aromatic nitrogens is 2. The molecule has 0 aliphatic carbocycles. The van der Waals surface area contributed by atoms with E-state index in [9.17, 15) is 18.0 Å². The van der Waals surface area contributed by atoms with Gasteiger partial charge < -0.3 is 5.11 Å². The second-order valence-electron chi connectivity index (χ2n) is 4.08. The van der Waals surface area contributed by atoms with Crippen molar-refractivity contribution in [2.75, 3.05) is 4.72 Å². The third-order valence-corrected chi connectivity index (χ3v) is 3.85. The van der Waals surface area contributed by atoms with E-state index in [0.717, 1.165) is 6.20 Å². The molecule has 0 aliphatic heterocycles. The molecule has 0 fully saturated rings. The molecule has 2 aromatic rings. The molecule has 0 atom stereocenters. The number of carboxylic acid groups (broad SMARTS) is 1. The summed E-state index contributed by atoms with van der Waals surface area (Å²) < 4.78 is 26.1. The Bertz CT molecular complexity index is 814. The number of nitrogens with zero attached hydrogens (tertiary/aromatic N) is 1. The van der Waals surface area contributed by atoms with Crippen LogP contribution in [0, 0.1) is 0 Å². The molecule has 0 aliphatic rings. The van der Waals surface area contributed by atoms with Gasteiger partial charge in [-0.1, -0.05) is 18.2 Å². The Morgan fingerprint density at radius 3 is 2.52 bits per heavy atom. The van der Waals surface area contributed by atoms with Crippen molar-refractivity contribution in [1.29, 1.82) is 0 Å². The summed E-state index contributed by atoms with van der Waals surface area (Å²) in [4.78, 5) is 28.0. The molecule has 21 heavy (non-hydrogen) atoms. The quantitative estimate of drug-likeness (QED) is 0.723. The highest BCUT2D eigenvalue weighted by Gasteiger charge is 2.15. The van der Waals surface area contributed by atoms with Gasteiger partial charge in [-0.15, -0.1) is 0 Å². The number of carboxylic acids is 1. The van der Waals surface area contributed by atoms with Crippen molar-refractivity contribution in [2.24, 2.45) is 0 Å². The number of aromatic amines is 1. The van der Waals surface area contributed by atoms with Crippen LogP contribution in [-0.4, -0.2) is 29.5 Å². The van der Waals surface area contributed by atoms with Gasteiger partial charge in [-0.3, -0.25) is 14.6 Å². The van der Waals surface area contributed by atoms with Gasteiger partial charge >= 0.3 is 5.97 Å². The lowest BCUT2D eigenvalue weighted by Crippen LogP contribution is -2.22. The molecular formula is C12H11N3O5S. The SMILES string of the molecule is O=C(O)Cc1cnc(NS(=O)(=O)c2ccccc2)[nH]c1=O. The van der Waals surface area contributed by atoms with E-state index in [0.29, 0.717) is 0 Å². The monoisotopic (exact) mass is 309 g/mol. The Kier molecular flexibility index (Phi) is 4.03. The number of aliphatic carboxylic acids is 1. The van der Waals surface area contributed by atoms with Gasteiger partial charge in [0.05, 0.1) is 11.3 Å². The average Bonchev–Trinajstić information content (AvgIpc) is 2.42. The van der Waals surface area contributed by atoms with Crippen LogP contribution in [0.15, 0.2) is 46.2 Å². The number of benzene rings is 1. The maximum atomic E-state index is 12.0. The van der Waals surface area contributed by atoms with E-state index in [1.165, 1.54) is 12.1 Å². The molecular weight excluding hydrogens is 298 g/mol. The summed E-state index contributed by atoms with van der Waals surface area (Å²) in [6.07, 6.45) is 0.532. The summed E-state index contributed by atoms with van der Waals surface area (Å²) in [7, 11) is -3.86. The molecule has 0 spiro atoms. The maximum Gasteiger partial charge on any atom is 0.308 e. The number of anilines is 1. The smallest absolute Gasteiger partial charge is 0.308 e. The first-order valence-electron chi connectivity index (χ1n) is 5.76. The second-order valence-corrected chi connectivity index (χ2v) is 5.76. The van der Waals surface area contributed by atoms with Gasteiger partial charge in [0.1, 0.15) is 0 Å². The van der Waals surface area contributed by atoms with Gasteiger partial charge in [-0.25, -0.2) is 18.1 Å². The van der Waals surface area contributed by atoms with Crippen molar-refractivity contribution in [3.05, 3.63) is 52.4 Å². The summed E-state index contributed by atoms with van der Waals surface area (Å²) in [5.74, 6) is -1.46. The van der Waals surface area contributed by atoms with Crippen LogP contribution in [0.4, 0.5) is 5.95 Å². The minimum Gasteiger partial charge on any atom is -0.481 e. The summed E-state index contributed by atoms with van der Waals surface area (Å²) in [5.41, 5.74) is -0.775. The minimum absolute atomic E-state index is 0.0160. The molecule has 0 saturated carbocycles. The summed E-state index contributed by atoms with van der Waals surface area (Å²) >= 11 is 0. The fraction of sp³-hybridized carbons (Fsp3) is 0.0833. The normalized spacial score (nSPS) is 11.0. The molecule has 0 unspecified atom stereocenters. The van der Waals surface area contributed by atoms with E-state index in [-0.39, 0.29) is 16.4 Å². The van der Waals surface area contributed by atoms with Crippen LogP contribution < -0.4 is 10.3 Å². The van der Waals surface area contributed by atoms with E-state index in [1.54, 1.807) is 18.2 Å². The first kappa shape index (κ1) is 14.7. The third kappa shape index (κ3) is 3.66. The molecule has 1 aromatic carbocycles. The largest absolute Gasteiger partial charge is 0.481 e. The van der Waals surface area contributed by atoms with Gasteiger partial charge in [-0.2, -0.15) is 0 Å². The van der Waals surface area contributed by atoms with Gasteiger partial charge in [0.25, 0.3) is 15.6 Å². The van der Waals surface area contributed by atoms with Gasteiger partial charge in [0.2, 0.25) is 5.95 Å². The molecule has 1 heterocycles. The maximum absolute atomic E-state index is 12.0. The number of hydrogen-bond acceptors (Lipinski definition) is 5. The van der Waals surface area contributed by atoms with Gasteiger partial charge in [0.15, 0.2) is 0 Å². The van der Waals surface area contributed by atoms with Crippen LogP contribution in [0.5, 0.6) is 0 Å². The first-order chi connectivity index (χ1) is 9.88. The first-order valence-corrected chi connectivity index (χ1v) is 7.24. The minimum atomic E-state index is -3.86. The molecule has 0 radical (unpaired) electrons. The number of sulfonamides is 1. The molecule has 0 amide bonds. The summed E-state index contributed by atoms with van der Waals surface area (Å²) in [6.45, 7) is 0. The second kappa shape index (κ2) is 5.75. The zero-order chi connectivity index (χ0) is 15.5. The van der Waals surface area contributed by atoms with Crippen LogP contribution in [-0.2, 0) is 21.2 Å². The molecule has 110 valence electrons. The molecule has 8 nitrogen and oxygen atoms in total. The molecule has 0 bridgehead atoms. The van der Waals surface area contributed by atoms with Crippen molar-refractivity contribution in [3.63, 3.8) is 0 Å². The lowest BCUT2D eigenvalue weighted by atomic mass is 10.2. The number of carbonyl (C=O) groups is 1. The van der Waals surface area contributed by atoms with E-state index in [2.05, 4.69) is 14.7 Å². The number of H-pyrrole nitrogens is 1. The Morgan fingerprint density at radius 2 is 1.95 bits per heavy atom. The third-order valence-electron chi connectivity index (χ3n) is 2.50.